The summed E-state index contributed by atoms with van der Waals surface area (Å²) in [6, 6.07) is 22.0. The van der Waals surface area contributed by atoms with Gasteiger partial charge >= 0.3 is 0 Å². The summed E-state index contributed by atoms with van der Waals surface area (Å²) >= 11 is 0. The van der Waals surface area contributed by atoms with Gasteiger partial charge in [0.1, 0.15) is 18.0 Å². The van der Waals surface area contributed by atoms with Crippen molar-refractivity contribution < 1.29 is 19.5 Å². The Morgan fingerprint density at radius 2 is 1.74 bits per heavy atom. The standard InChI is InChI=1S/C35H36N4O4/c1-2-19-37-24-34(42)38-31(21-26-12-16-30(40)17-13-26)35(43)36(22-27-11-15-28-9-6-10-29(28)20-27)23-32(38)39(37)33(41)18-14-25-7-4-3-5-8-25/h2-9,11-13,15-17,20,31-32,40H,1,10,14,18-19,21-24H2/t31-,32-/m0/s1. The van der Waals surface area contributed by atoms with E-state index in [2.05, 4.69) is 30.9 Å². The third-order valence-electron chi connectivity index (χ3n) is 8.48. The van der Waals surface area contributed by atoms with E-state index in [9.17, 15) is 19.5 Å². The molecule has 0 radical (unpaired) electrons. The number of piperazine rings is 1. The molecule has 1 aliphatic carbocycles. The molecule has 43 heavy (non-hydrogen) atoms. The molecule has 2 heterocycles. The number of aromatic hydroxyl groups is 1. The lowest BCUT2D eigenvalue weighted by atomic mass is 9.97. The van der Waals surface area contributed by atoms with E-state index in [1.165, 1.54) is 11.1 Å². The zero-order valence-electron chi connectivity index (χ0n) is 24.1. The number of carbonyl (C=O) groups excluding carboxylic acids is 3. The van der Waals surface area contributed by atoms with Crippen LogP contribution in [0.5, 0.6) is 5.75 Å². The fourth-order valence-corrected chi connectivity index (χ4v) is 6.40. The quantitative estimate of drug-likeness (QED) is 0.390. The minimum atomic E-state index is -0.790. The van der Waals surface area contributed by atoms with Crippen LogP contribution in [0.4, 0.5) is 0 Å². The SMILES string of the molecule is C=CCN1CC(=O)N2[C@@H](Cc3ccc(O)cc3)C(=O)N(Cc3ccc4c(c3)CC=C4)C[C@@H]2N1C(=O)CCc1ccccc1. The van der Waals surface area contributed by atoms with Gasteiger partial charge in [-0.05, 0) is 52.8 Å². The Morgan fingerprint density at radius 1 is 0.977 bits per heavy atom. The molecule has 2 aliphatic heterocycles. The summed E-state index contributed by atoms with van der Waals surface area (Å²) in [6.45, 7) is 4.77. The molecule has 8 nitrogen and oxygen atoms in total. The molecular weight excluding hydrogens is 540 g/mol. The van der Waals surface area contributed by atoms with Gasteiger partial charge in [-0.25, -0.2) is 10.0 Å². The zero-order valence-corrected chi connectivity index (χ0v) is 24.1. The number of hydrogen-bond donors (Lipinski definition) is 1. The number of fused-ring (bicyclic) bond motifs is 2. The average molecular weight is 577 g/mol. The number of carbonyl (C=O) groups is 3. The number of aryl methyl sites for hydroxylation is 1. The fraction of sp³-hybridized carbons (Fsp3) is 0.286. The second-order valence-electron chi connectivity index (χ2n) is 11.4. The van der Waals surface area contributed by atoms with E-state index in [1.54, 1.807) is 50.2 Å². The van der Waals surface area contributed by atoms with Crippen molar-refractivity contribution in [1.82, 2.24) is 19.8 Å². The Hall–Kier alpha value is -4.69. The van der Waals surface area contributed by atoms with Crippen LogP contribution in [0.3, 0.4) is 0 Å². The molecular formula is C35H36N4O4. The van der Waals surface area contributed by atoms with Crippen molar-refractivity contribution in [3.63, 3.8) is 0 Å². The molecule has 8 heteroatoms. The third-order valence-corrected chi connectivity index (χ3v) is 8.48. The molecule has 2 atom stereocenters. The van der Waals surface area contributed by atoms with Crippen molar-refractivity contribution in [1.29, 1.82) is 0 Å². The first-order valence-electron chi connectivity index (χ1n) is 14.8. The number of hydrazine groups is 1. The molecule has 0 aromatic heterocycles. The van der Waals surface area contributed by atoms with Gasteiger partial charge in [0.25, 0.3) is 0 Å². The maximum absolute atomic E-state index is 14.2. The zero-order chi connectivity index (χ0) is 29.9. The Labute approximate surface area is 252 Å². The summed E-state index contributed by atoms with van der Waals surface area (Å²) in [7, 11) is 0. The number of amides is 3. The number of rotatable bonds is 9. The molecule has 0 bridgehead atoms. The van der Waals surface area contributed by atoms with Crippen molar-refractivity contribution in [2.24, 2.45) is 0 Å². The molecule has 0 unspecified atom stereocenters. The normalized spacial score (nSPS) is 19.9. The van der Waals surface area contributed by atoms with Crippen LogP contribution in [0, 0.1) is 0 Å². The van der Waals surface area contributed by atoms with Crippen LogP contribution >= 0.6 is 0 Å². The van der Waals surface area contributed by atoms with Gasteiger partial charge < -0.3 is 14.9 Å². The molecule has 3 amide bonds. The minimum absolute atomic E-state index is 0.0171. The van der Waals surface area contributed by atoms with Gasteiger partial charge in [-0.15, -0.1) is 6.58 Å². The van der Waals surface area contributed by atoms with Crippen molar-refractivity contribution in [3.8, 4) is 5.75 Å². The first kappa shape index (κ1) is 28.4. The number of allylic oxidation sites excluding steroid dienone is 1. The van der Waals surface area contributed by atoms with Gasteiger partial charge in [0.2, 0.25) is 17.7 Å². The van der Waals surface area contributed by atoms with Gasteiger partial charge in [-0.2, -0.15) is 0 Å². The predicted molar refractivity (Wildman–Crippen MR) is 164 cm³/mol. The monoisotopic (exact) mass is 576 g/mol. The summed E-state index contributed by atoms with van der Waals surface area (Å²) in [5, 5.41) is 13.3. The van der Waals surface area contributed by atoms with E-state index in [0.29, 0.717) is 19.5 Å². The topological polar surface area (TPSA) is 84.4 Å². The van der Waals surface area contributed by atoms with E-state index < -0.39 is 12.2 Å². The van der Waals surface area contributed by atoms with E-state index in [1.807, 2.05) is 36.4 Å². The Morgan fingerprint density at radius 3 is 2.51 bits per heavy atom. The summed E-state index contributed by atoms with van der Waals surface area (Å²) in [4.78, 5) is 45.3. The van der Waals surface area contributed by atoms with Crippen LogP contribution in [0.25, 0.3) is 6.08 Å². The molecule has 3 aromatic rings. The highest BCUT2D eigenvalue weighted by Crippen LogP contribution is 2.31. The van der Waals surface area contributed by atoms with Crippen LogP contribution in [0.2, 0.25) is 0 Å². The van der Waals surface area contributed by atoms with Crippen molar-refractivity contribution in [2.45, 2.75) is 44.4 Å². The molecule has 6 rings (SSSR count). The number of phenolic OH excluding ortho intramolecular Hbond substituents is 1. The minimum Gasteiger partial charge on any atom is -0.508 e. The number of phenols is 1. The molecule has 220 valence electrons. The van der Waals surface area contributed by atoms with Crippen molar-refractivity contribution >= 4 is 23.8 Å². The molecule has 2 saturated heterocycles. The number of hydrogen-bond acceptors (Lipinski definition) is 5. The number of nitrogens with zero attached hydrogens (tertiary/aromatic N) is 4. The van der Waals surface area contributed by atoms with Crippen molar-refractivity contribution in [3.05, 3.63) is 119 Å². The highest BCUT2D eigenvalue weighted by molar-refractivity contribution is 5.92. The summed E-state index contributed by atoms with van der Waals surface area (Å²) in [6.07, 6.45) is 7.26. The van der Waals surface area contributed by atoms with E-state index in [-0.39, 0.29) is 49.4 Å². The molecule has 3 aromatic carbocycles. The van der Waals surface area contributed by atoms with Crippen molar-refractivity contribution in [2.75, 3.05) is 19.6 Å². The van der Waals surface area contributed by atoms with E-state index in [0.717, 1.165) is 23.1 Å². The number of benzene rings is 3. The first-order chi connectivity index (χ1) is 20.9. The smallest absolute Gasteiger partial charge is 0.246 e. The lowest BCUT2D eigenvalue weighted by Crippen LogP contribution is -2.75. The van der Waals surface area contributed by atoms with Gasteiger partial charge in [-0.1, -0.05) is 78.9 Å². The summed E-state index contributed by atoms with van der Waals surface area (Å²) < 4.78 is 0. The lowest BCUT2D eigenvalue weighted by molar-refractivity contribution is -0.205. The van der Waals surface area contributed by atoms with Gasteiger partial charge in [0.05, 0.1) is 13.1 Å². The second kappa shape index (κ2) is 12.3. The predicted octanol–water partition coefficient (Wildman–Crippen LogP) is 3.95. The van der Waals surface area contributed by atoms with Crippen LogP contribution in [0.15, 0.2) is 91.5 Å². The van der Waals surface area contributed by atoms with Gasteiger partial charge in [0, 0.05) is 25.9 Å². The highest BCUT2D eigenvalue weighted by atomic mass is 16.3. The molecule has 0 spiro atoms. The van der Waals surface area contributed by atoms with E-state index >= 15 is 0 Å². The summed E-state index contributed by atoms with van der Waals surface area (Å²) in [5.41, 5.74) is 5.32. The average Bonchev–Trinajstić information content (AvgIpc) is 3.48. The maximum atomic E-state index is 14.2. The first-order valence-corrected chi connectivity index (χ1v) is 14.8. The Kier molecular flexibility index (Phi) is 8.11. The molecule has 3 aliphatic rings. The Balaban J connectivity index is 1.33. The molecule has 2 fully saturated rings. The molecule has 0 saturated carbocycles. The second-order valence-corrected chi connectivity index (χ2v) is 11.4. The van der Waals surface area contributed by atoms with E-state index in [4.69, 9.17) is 0 Å². The lowest BCUT2D eigenvalue weighted by Gasteiger charge is -2.55. The van der Waals surface area contributed by atoms with Gasteiger partial charge in [0.15, 0.2) is 0 Å². The third kappa shape index (κ3) is 5.96. The summed E-state index contributed by atoms with van der Waals surface area (Å²) in [5.74, 6) is -0.312. The van der Waals surface area contributed by atoms with Crippen LogP contribution in [-0.2, 0) is 40.2 Å². The fourth-order valence-electron chi connectivity index (χ4n) is 6.40. The van der Waals surface area contributed by atoms with Gasteiger partial charge in [-0.3, -0.25) is 14.4 Å². The van der Waals surface area contributed by atoms with Crippen LogP contribution in [-0.4, -0.2) is 74.5 Å². The van der Waals surface area contributed by atoms with Crippen LogP contribution in [0.1, 0.15) is 34.2 Å². The highest BCUT2D eigenvalue weighted by Gasteiger charge is 2.51. The largest absolute Gasteiger partial charge is 0.508 e. The van der Waals surface area contributed by atoms with Crippen LogP contribution < -0.4 is 0 Å². The molecule has 1 N–H and O–H groups in total. The maximum Gasteiger partial charge on any atom is 0.246 e. The Bertz CT molecular complexity index is 1550.